The van der Waals surface area contributed by atoms with Gasteiger partial charge in [-0.15, -0.1) is 0 Å². The first-order chi connectivity index (χ1) is 11.6. The van der Waals surface area contributed by atoms with Crippen LogP contribution in [-0.2, 0) is 13.6 Å². The van der Waals surface area contributed by atoms with Gasteiger partial charge in [-0.05, 0) is 35.9 Å². The van der Waals surface area contributed by atoms with E-state index in [1.165, 1.54) is 10.6 Å². The largest absolute Gasteiger partial charge is 0.348 e. The highest BCUT2D eigenvalue weighted by atomic mass is 16.2. The van der Waals surface area contributed by atoms with E-state index in [-0.39, 0.29) is 11.1 Å². The Labute approximate surface area is 138 Å². The van der Waals surface area contributed by atoms with Gasteiger partial charge in [0.1, 0.15) is 5.56 Å². The molecule has 3 rings (SSSR count). The number of carbonyl (C=O) groups is 1. The molecule has 3 aromatic heterocycles. The van der Waals surface area contributed by atoms with Crippen LogP contribution in [0.15, 0.2) is 66.0 Å². The standard InChI is InChI=1S/C18H16N4O2/c1-22-9-3-5-15(18(22)24)17(23)21-11-13-6-7-16(20-10-13)14-4-2-8-19-12-14/h2-10,12H,11H2,1H3,(H,21,23). The van der Waals surface area contributed by atoms with Gasteiger partial charge in [-0.25, -0.2) is 0 Å². The van der Waals surface area contributed by atoms with Gasteiger partial charge < -0.3 is 9.88 Å². The van der Waals surface area contributed by atoms with Crippen molar-refractivity contribution < 1.29 is 4.79 Å². The van der Waals surface area contributed by atoms with Crippen LogP contribution in [0.5, 0.6) is 0 Å². The van der Waals surface area contributed by atoms with Crippen molar-refractivity contribution in [3.05, 3.63) is 82.7 Å². The summed E-state index contributed by atoms with van der Waals surface area (Å²) in [4.78, 5) is 32.5. The molecule has 3 heterocycles. The maximum atomic E-state index is 12.1. The third kappa shape index (κ3) is 3.38. The molecule has 0 saturated carbocycles. The minimum absolute atomic E-state index is 0.125. The zero-order valence-corrected chi connectivity index (χ0v) is 13.1. The molecule has 0 aliphatic rings. The lowest BCUT2D eigenvalue weighted by atomic mass is 10.1. The summed E-state index contributed by atoms with van der Waals surface area (Å²) in [7, 11) is 1.61. The number of pyridine rings is 3. The Hall–Kier alpha value is -3.28. The second-order valence-corrected chi connectivity index (χ2v) is 5.31. The molecule has 0 bridgehead atoms. The normalized spacial score (nSPS) is 10.4. The maximum absolute atomic E-state index is 12.1. The van der Waals surface area contributed by atoms with Gasteiger partial charge in [0.05, 0.1) is 5.69 Å². The fourth-order valence-corrected chi connectivity index (χ4v) is 2.26. The minimum Gasteiger partial charge on any atom is -0.348 e. The molecule has 0 aliphatic heterocycles. The molecule has 6 heteroatoms. The minimum atomic E-state index is -0.396. The molecule has 0 atom stereocenters. The lowest BCUT2D eigenvalue weighted by molar-refractivity contribution is 0.0949. The van der Waals surface area contributed by atoms with Crippen LogP contribution in [0.1, 0.15) is 15.9 Å². The molecule has 0 fully saturated rings. The van der Waals surface area contributed by atoms with Crippen molar-refractivity contribution in [3.63, 3.8) is 0 Å². The van der Waals surface area contributed by atoms with Crippen LogP contribution >= 0.6 is 0 Å². The first kappa shape index (κ1) is 15.6. The van der Waals surface area contributed by atoms with Crippen LogP contribution in [0.2, 0.25) is 0 Å². The Morgan fingerprint density at radius 3 is 2.75 bits per heavy atom. The predicted octanol–water partition coefficient (Wildman–Crippen LogP) is 1.77. The number of carbonyl (C=O) groups excluding carboxylic acids is 1. The summed E-state index contributed by atoms with van der Waals surface area (Å²) in [5.74, 6) is -0.396. The molecule has 3 aromatic rings. The highest BCUT2D eigenvalue weighted by Crippen LogP contribution is 2.15. The van der Waals surface area contributed by atoms with Crippen molar-refractivity contribution in [2.75, 3.05) is 0 Å². The zero-order chi connectivity index (χ0) is 16.9. The van der Waals surface area contributed by atoms with E-state index in [1.807, 2.05) is 24.3 Å². The van der Waals surface area contributed by atoms with Crippen LogP contribution in [0.3, 0.4) is 0 Å². The Bertz CT molecular complexity index is 902. The predicted molar refractivity (Wildman–Crippen MR) is 90.3 cm³/mol. The van der Waals surface area contributed by atoms with Crippen molar-refractivity contribution in [2.24, 2.45) is 7.05 Å². The van der Waals surface area contributed by atoms with Gasteiger partial charge in [0, 0.05) is 43.9 Å². The van der Waals surface area contributed by atoms with Crippen molar-refractivity contribution >= 4 is 5.91 Å². The van der Waals surface area contributed by atoms with Crippen LogP contribution in [0.4, 0.5) is 0 Å². The molecule has 0 saturated heterocycles. The summed E-state index contributed by atoms with van der Waals surface area (Å²) in [6.45, 7) is 0.303. The van der Waals surface area contributed by atoms with Crippen LogP contribution in [-0.4, -0.2) is 20.4 Å². The fraction of sp³-hybridized carbons (Fsp3) is 0.111. The molecule has 0 aliphatic carbocycles. The molecular weight excluding hydrogens is 304 g/mol. The molecule has 0 spiro atoms. The van der Waals surface area contributed by atoms with Crippen LogP contribution in [0, 0.1) is 0 Å². The summed E-state index contributed by atoms with van der Waals surface area (Å²) in [5, 5.41) is 2.74. The first-order valence-corrected chi connectivity index (χ1v) is 7.44. The summed E-state index contributed by atoms with van der Waals surface area (Å²) in [6, 6.07) is 10.7. The van der Waals surface area contributed by atoms with E-state index in [0.717, 1.165) is 16.8 Å². The van der Waals surface area contributed by atoms with E-state index in [2.05, 4.69) is 15.3 Å². The highest BCUT2D eigenvalue weighted by Gasteiger charge is 2.10. The number of nitrogens with one attached hydrogen (secondary N) is 1. The van der Waals surface area contributed by atoms with Crippen LogP contribution in [0.25, 0.3) is 11.3 Å². The molecule has 1 N–H and O–H groups in total. The number of amides is 1. The maximum Gasteiger partial charge on any atom is 0.263 e. The highest BCUT2D eigenvalue weighted by molar-refractivity contribution is 5.93. The number of aryl methyl sites for hydroxylation is 1. The topological polar surface area (TPSA) is 76.9 Å². The molecular formula is C18H16N4O2. The second kappa shape index (κ2) is 6.87. The van der Waals surface area contributed by atoms with E-state index in [4.69, 9.17) is 0 Å². The number of rotatable bonds is 4. The Kier molecular flexibility index (Phi) is 4.47. The summed E-state index contributed by atoms with van der Waals surface area (Å²) in [5.41, 5.74) is 2.40. The smallest absolute Gasteiger partial charge is 0.263 e. The molecule has 1 amide bonds. The van der Waals surface area contributed by atoms with Crippen molar-refractivity contribution in [1.29, 1.82) is 0 Å². The van der Waals surface area contributed by atoms with Gasteiger partial charge in [0.25, 0.3) is 11.5 Å². The van der Waals surface area contributed by atoms with Gasteiger partial charge in [-0.2, -0.15) is 0 Å². The summed E-state index contributed by atoms with van der Waals surface area (Å²) in [6.07, 6.45) is 6.77. The Morgan fingerprint density at radius 1 is 1.17 bits per heavy atom. The zero-order valence-electron chi connectivity index (χ0n) is 13.1. The lowest BCUT2D eigenvalue weighted by Crippen LogP contribution is -2.31. The van der Waals surface area contributed by atoms with Gasteiger partial charge in [0.2, 0.25) is 0 Å². The Morgan fingerprint density at radius 2 is 2.04 bits per heavy atom. The van der Waals surface area contributed by atoms with E-state index in [1.54, 1.807) is 37.9 Å². The van der Waals surface area contributed by atoms with E-state index in [0.29, 0.717) is 6.54 Å². The number of nitrogens with zero attached hydrogens (tertiary/aromatic N) is 3. The van der Waals surface area contributed by atoms with Crippen LogP contribution < -0.4 is 10.9 Å². The average molecular weight is 320 g/mol. The molecule has 120 valence electrons. The SMILES string of the molecule is Cn1cccc(C(=O)NCc2ccc(-c3cccnc3)nc2)c1=O. The van der Waals surface area contributed by atoms with E-state index < -0.39 is 5.91 Å². The van der Waals surface area contributed by atoms with Gasteiger partial charge in [-0.1, -0.05) is 6.07 Å². The monoisotopic (exact) mass is 320 g/mol. The van der Waals surface area contributed by atoms with Crippen molar-refractivity contribution in [1.82, 2.24) is 19.9 Å². The summed E-state index contributed by atoms with van der Waals surface area (Å²) >= 11 is 0. The molecule has 0 radical (unpaired) electrons. The molecule has 0 aromatic carbocycles. The van der Waals surface area contributed by atoms with E-state index >= 15 is 0 Å². The molecule has 24 heavy (non-hydrogen) atoms. The third-order valence-corrected chi connectivity index (χ3v) is 3.60. The fourth-order valence-electron chi connectivity index (χ4n) is 2.26. The van der Waals surface area contributed by atoms with Gasteiger partial charge in [-0.3, -0.25) is 19.6 Å². The molecule has 6 nitrogen and oxygen atoms in total. The number of aromatic nitrogens is 3. The van der Waals surface area contributed by atoms with E-state index in [9.17, 15) is 9.59 Å². The number of hydrogen-bond acceptors (Lipinski definition) is 4. The van der Waals surface area contributed by atoms with Gasteiger partial charge in [0.15, 0.2) is 0 Å². The third-order valence-electron chi connectivity index (χ3n) is 3.60. The van der Waals surface area contributed by atoms with Gasteiger partial charge >= 0.3 is 0 Å². The molecule has 0 unspecified atom stereocenters. The number of hydrogen-bond donors (Lipinski definition) is 1. The van der Waals surface area contributed by atoms with Crippen molar-refractivity contribution in [2.45, 2.75) is 6.54 Å². The summed E-state index contributed by atoms with van der Waals surface area (Å²) < 4.78 is 1.37. The Balaban J connectivity index is 1.68. The average Bonchev–Trinajstić information content (AvgIpc) is 2.63. The van der Waals surface area contributed by atoms with Crippen molar-refractivity contribution in [3.8, 4) is 11.3 Å². The quantitative estimate of drug-likeness (QED) is 0.795. The first-order valence-electron chi connectivity index (χ1n) is 7.44. The lowest BCUT2D eigenvalue weighted by Gasteiger charge is -2.07. The second-order valence-electron chi connectivity index (χ2n) is 5.31.